The number of rotatable bonds is 8. The monoisotopic (exact) mass is 1290 g/mol. The van der Waals surface area contributed by atoms with E-state index in [1.54, 1.807) is 0 Å². The molecular formula is C28H64N8Ni4O23Y2-2. The standard InChI is InChI=1S/4C3H9N2O.8C2H4O2.4Ni.3H2O.2Y/c4*4-1-3(6)2-5;8*1-2(3)4;;;;;;;;;/h4*3H,1-2,4-5H2;8*1H3,(H,3,4);;;;;3*1H2;;/q4*-1;;;;;;;;;3*+2;+3;;;;;+3/p-10. The van der Waals surface area contributed by atoms with Crippen molar-refractivity contribution < 1.29 is 247 Å². The van der Waals surface area contributed by atoms with E-state index in [1.807, 2.05) is 0 Å². The Morgan fingerprint density at radius 2 is 0.354 bits per heavy atom. The molecule has 0 heterocycles. The van der Waals surface area contributed by atoms with Gasteiger partial charge in [0.25, 0.3) is 0 Å². The molecule has 2 radical (unpaired) electrons. The van der Waals surface area contributed by atoms with Crippen LogP contribution in [0, 0.1) is 0 Å². The van der Waals surface area contributed by atoms with E-state index in [1.165, 1.54) is 0 Å². The van der Waals surface area contributed by atoms with E-state index in [0.29, 0.717) is 0 Å². The number of carboxylic acid groups (broad SMARTS) is 8. The Morgan fingerprint density at radius 3 is 0.354 bits per heavy atom. The summed E-state index contributed by atoms with van der Waals surface area (Å²) < 4.78 is 0. The molecule has 31 nitrogen and oxygen atoms in total. The van der Waals surface area contributed by atoms with Crippen LogP contribution < -0.4 is 107 Å². The van der Waals surface area contributed by atoms with Crippen molar-refractivity contribution in [3.05, 3.63) is 0 Å². The normalized spacial score (nSPS) is 6.77. The minimum atomic E-state index is -1.08. The Balaban J connectivity index is -0.0000000170. The van der Waals surface area contributed by atoms with Crippen molar-refractivity contribution in [3.8, 4) is 0 Å². The van der Waals surface area contributed by atoms with Gasteiger partial charge in [-0.1, -0.05) is 0 Å². The first-order chi connectivity index (χ1) is 25.1. The summed E-state index contributed by atoms with van der Waals surface area (Å²) in [6.07, 6.45) is -3.04. The van der Waals surface area contributed by atoms with Gasteiger partial charge in [-0.2, -0.15) is 0 Å². The zero-order valence-electron chi connectivity index (χ0n) is 36.6. The van der Waals surface area contributed by atoms with Gasteiger partial charge >= 0.3 is 98.7 Å². The van der Waals surface area contributed by atoms with Crippen LogP contribution in [0.25, 0.3) is 0 Å². The minimum absolute atomic E-state index is 0. The third-order valence-electron chi connectivity index (χ3n) is 2.10. The molecule has 0 aliphatic rings. The van der Waals surface area contributed by atoms with Crippen LogP contribution in [0.15, 0.2) is 0 Å². The van der Waals surface area contributed by atoms with Gasteiger partial charge in [-0.3, -0.25) is 0 Å². The Morgan fingerprint density at radius 1 is 0.323 bits per heavy atom. The van der Waals surface area contributed by atoms with E-state index < -0.39 is 72.2 Å². The van der Waals surface area contributed by atoms with Crippen molar-refractivity contribution in [3.63, 3.8) is 0 Å². The second kappa shape index (κ2) is 131. The molecule has 0 aliphatic heterocycles. The summed E-state index contributed by atoms with van der Waals surface area (Å²) in [4.78, 5) is 71.1. The van der Waals surface area contributed by atoms with Crippen LogP contribution in [0.1, 0.15) is 55.4 Å². The van der Waals surface area contributed by atoms with Crippen LogP contribution in [0.3, 0.4) is 0 Å². The van der Waals surface area contributed by atoms with Crippen molar-refractivity contribution in [2.75, 3.05) is 52.4 Å². The minimum Gasteiger partial charge on any atom is -0.870 e. The van der Waals surface area contributed by atoms with E-state index in [-0.39, 0.29) is 200 Å². The van der Waals surface area contributed by atoms with Crippen LogP contribution in [0.5, 0.6) is 0 Å². The summed E-state index contributed by atoms with van der Waals surface area (Å²) in [6.45, 7) is 8.97. The van der Waals surface area contributed by atoms with Crippen molar-refractivity contribution in [2.45, 2.75) is 79.8 Å². The molecule has 0 aromatic heterocycles. The van der Waals surface area contributed by atoms with Gasteiger partial charge in [-0.25, -0.2) is 0 Å². The van der Waals surface area contributed by atoms with Crippen LogP contribution in [0.4, 0.5) is 0 Å². The predicted octanol–water partition coefficient (Wildman–Crippen LogP) is -20.6. The molecule has 402 valence electrons. The summed E-state index contributed by atoms with van der Waals surface area (Å²) in [5.74, 6) is -8.67. The van der Waals surface area contributed by atoms with Crippen LogP contribution in [-0.2, 0) is 170 Å². The second-order valence-corrected chi connectivity index (χ2v) is 8.31. The van der Waals surface area contributed by atoms with E-state index >= 15 is 0 Å². The summed E-state index contributed by atoms with van der Waals surface area (Å²) >= 11 is 0. The molecule has 0 aliphatic carbocycles. The van der Waals surface area contributed by atoms with Gasteiger partial charge in [-0.05, 0) is 108 Å². The summed E-state index contributed by atoms with van der Waals surface area (Å²) in [7, 11) is 0. The molecule has 0 amide bonds. The number of nitrogens with two attached hydrogens (primary N) is 8. The number of hydrogen-bond donors (Lipinski definition) is 8. The Hall–Kier alpha value is -0.658. The predicted molar refractivity (Wildman–Crippen MR) is 181 cm³/mol. The summed E-state index contributed by atoms with van der Waals surface area (Å²) in [6, 6.07) is 0. The van der Waals surface area contributed by atoms with E-state index in [4.69, 9.17) is 125 Å². The molecule has 0 rings (SSSR count). The Labute approximate surface area is 469 Å². The third-order valence-corrected chi connectivity index (χ3v) is 2.10. The average Bonchev–Trinajstić information content (AvgIpc) is 3.02. The van der Waals surface area contributed by atoms with E-state index in [9.17, 15) is 20.4 Å². The first kappa shape index (κ1) is 137. The van der Waals surface area contributed by atoms with Crippen molar-refractivity contribution in [1.82, 2.24) is 0 Å². The molecule has 20 N–H and O–H groups in total. The zero-order chi connectivity index (χ0) is 48.6. The third kappa shape index (κ3) is 1010. The first-order valence-corrected chi connectivity index (χ1v) is 14.7. The van der Waals surface area contributed by atoms with Crippen LogP contribution in [-0.4, -0.2) is 141 Å². The van der Waals surface area contributed by atoms with Crippen molar-refractivity contribution >= 4 is 47.8 Å². The maximum Gasteiger partial charge on any atom is 3.00 e. The molecule has 0 aromatic carbocycles. The molecule has 0 bridgehead atoms. The molecule has 0 atom stereocenters. The fourth-order valence-corrected chi connectivity index (χ4v) is 0.385. The molecule has 0 fully saturated rings. The van der Waals surface area contributed by atoms with Gasteiger partial charge in [0.2, 0.25) is 0 Å². The van der Waals surface area contributed by atoms with Gasteiger partial charge in [0.15, 0.2) is 0 Å². The number of carboxylic acids is 8. The number of carbonyl (C=O) groups excluding carboxylic acids is 8. The molecule has 0 saturated heterocycles. The maximum atomic E-state index is 10.0. The molecule has 0 unspecified atom stereocenters. The number of carbonyl (C=O) groups is 8. The maximum absolute atomic E-state index is 10.0. The molecule has 0 saturated carbocycles. The quantitative estimate of drug-likeness (QED) is 0.105. The largest absolute Gasteiger partial charge is 3.00 e. The average molecular weight is 1290 g/mol. The van der Waals surface area contributed by atoms with E-state index in [2.05, 4.69) is 0 Å². The van der Waals surface area contributed by atoms with E-state index in [0.717, 1.165) is 55.4 Å². The first-order valence-electron chi connectivity index (χ1n) is 14.7. The van der Waals surface area contributed by atoms with Crippen LogP contribution in [0.2, 0.25) is 0 Å². The number of aliphatic carboxylic acids is 8. The summed E-state index contributed by atoms with van der Waals surface area (Å²) in [5, 5.41) is 111. The van der Waals surface area contributed by atoms with Crippen molar-refractivity contribution in [1.29, 1.82) is 0 Å². The fraction of sp³-hybridized carbons (Fsp3) is 0.714. The van der Waals surface area contributed by atoms with Gasteiger partial charge < -0.3 is 162 Å². The van der Waals surface area contributed by atoms with Gasteiger partial charge in [0.05, 0.1) is 0 Å². The molecule has 0 spiro atoms. The Kier molecular flexibility index (Phi) is 277. The molecule has 37 heteroatoms. The van der Waals surface area contributed by atoms with Gasteiger partial charge in [-0.15, -0.1) is 24.4 Å². The molecule has 0 aromatic rings. The molecule has 65 heavy (non-hydrogen) atoms. The smallest absolute Gasteiger partial charge is 0.870 e. The summed E-state index contributed by atoms with van der Waals surface area (Å²) in [5.41, 5.74) is 39.1. The zero-order valence-corrected chi connectivity index (χ0v) is 46.2. The SMILES string of the molecule is CC(=O)[O-].CC(=O)[O-].CC(=O)[O-].CC(=O)[O-].CC(=O)[O-].CC(=O)[O-].CC(=O)[O-].CC(=O)[O-].NCC([O-])CN.NCC([O-])CN.NCC([O-])CN.NCC([O-])CN.O.[Ni+2].[Ni+2].[Ni+2].[Ni+3].[OH-].[OH-].[Y+3].[Y]. The Bertz CT molecular complexity index is 683. The van der Waals surface area contributed by atoms with Crippen molar-refractivity contribution in [2.24, 2.45) is 45.9 Å². The van der Waals surface area contributed by atoms with Gasteiger partial charge in [0, 0.05) is 80.5 Å². The molecular weight excluding hydrogens is 1230 g/mol. The second-order valence-electron chi connectivity index (χ2n) is 8.31. The van der Waals surface area contributed by atoms with Crippen LogP contribution >= 0.6 is 0 Å². The van der Waals surface area contributed by atoms with Gasteiger partial charge in [0.1, 0.15) is 0 Å². The number of hydrogen-bond acceptors (Lipinski definition) is 30. The fourth-order valence-electron chi connectivity index (χ4n) is 0.385. The topological polar surface area (TPSA) is 713 Å².